The number of para-hydroxylation sites is 1. The highest BCUT2D eigenvalue weighted by Gasteiger charge is 2.16. The van der Waals surface area contributed by atoms with Crippen molar-refractivity contribution in [2.45, 2.75) is 13.5 Å². The summed E-state index contributed by atoms with van der Waals surface area (Å²) in [5.74, 6) is -0.769. The molecule has 0 radical (unpaired) electrons. The van der Waals surface area contributed by atoms with Gasteiger partial charge in [0.2, 0.25) is 0 Å². The predicted molar refractivity (Wildman–Crippen MR) is 115 cm³/mol. The van der Waals surface area contributed by atoms with E-state index in [4.69, 9.17) is 32.7 Å². The third-order valence-corrected chi connectivity index (χ3v) is 4.48. The number of nitrogens with zero attached hydrogens (tertiary/aromatic N) is 1. The molecule has 3 aromatic rings. The molecule has 2 aromatic carbocycles. The second-order valence-corrected chi connectivity index (χ2v) is 7.23. The summed E-state index contributed by atoms with van der Waals surface area (Å²) in [4.78, 5) is 28.4. The monoisotopic (exact) mass is 444 g/mol. The fourth-order valence-corrected chi connectivity index (χ4v) is 3.04. The molecular weight excluding hydrogens is 427 g/mol. The molecule has 0 atom stereocenters. The molecule has 0 saturated heterocycles. The van der Waals surface area contributed by atoms with Crippen LogP contribution in [0.25, 0.3) is 0 Å². The van der Waals surface area contributed by atoms with Crippen LogP contribution in [-0.4, -0.2) is 23.5 Å². The standard InChI is InChI=1S/C22H18Cl2N2O4/c1-14-5-4-6-15(9-14)12-29-19-8-3-2-7-17(19)22(28)30-13-20(27)26-21-18(24)10-16(23)11-25-21/h2-11H,12-13H2,1H3,(H,25,26,27). The summed E-state index contributed by atoms with van der Waals surface area (Å²) in [7, 11) is 0. The van der Waals surface area contributed by atoms with Crippen LogP contribution in [0, 0.1) is 6.92 Å². The van der Waals surface area contributed by atoms with E-state index in [-0.39, 0.29) is 16.4 Å². The van der Waals surface area contributed by atoms with Crippen LogP contribution < -0.4 is 10.1 Å². The van der Waals surface area contributed by atoms with Crippen molar-refractivity contribution in [2.75, 3.05) is 11.9 Å². The molecule has 0 aliphatic carbocycles. The van der Waals surface area contributed by atoms with E-state index in [1.807, 2.05) is 31.2 Å². The van der Waals surface area contributed by atoms with E-state index in [0.717, 1.165) is 11.1 Å². The number of hydrogen-bond donors (Lipinski definition) is 1. The molecule has 154 valence electrons. The number of carbonyl (C=O) groups is 2. The van der Waals surface area contributed by atoms with Crippen LogP contribution in [0.1, 0.15) is 21.5 Å². The van der Waals surface area contributed by atoms with Gasteiger partial charge in [0.05, 0.1) is 10.0 Å². The molecule has 0 bridgehead atoms. The Morgan fingerprint density at radius 1 is 1.07 bits per heavy atom. The van der Waals surface area contributed by atoms with Crippen molar-refractivity contribution in [2.24, 2.45) is 0 Å². The molecule has 1 amide bonds. The molecule has 3 rings (SSSR count). The lowest BCUT2D eigenvalue weighted by atomic mass is 10.1. The number of hydrogen-bond acceptors (Lipinski definition) is 5. The van der Waals surface area contributed by atoms with Crippen LogP contribution in [0.3, 0.4) is 0 Å². The van der Waals surface area contributed by atoms with Crippen molar-refractivity contribution >= 4 is 40.9 Å². The smallest absolute Gasteiger partial charge is 0.342 e. The maximum Gasteiger partial charge on any atom is 0.342 e. The van der Waals surface area contributed by atoms with Crippen molar-refractivity contribution < 1.29 is 19.1 Å². The topological polar surface area (TPSA) is 77.5 Å². The van der Waals surface area contributed by atoms with Gasteiger partial charge in [-0.3, -0.25) is 4.79 Å². The lowest BCUT2D eigenvalue weighted by Crippen LogP contribution is -2.22. The summed E-state index contributed by atoms with van der Waals surface area (Å²) in [5, 5.41) is 2.98. The Morgan fingerprint density at radius 2 is 1.87 bits per heavy atom. The number of ether oxygens (including phenoxy) is 2. The second-order valence-electron chi connectivity index (χ2n) is 6.38. The molecular formula is C22H18Cl2N2O4. The number of amides is 1. The highest BCUT2D eigenvalue weighted by atomic mass is 35.5. The molecule has 1 heterocycles. The van der Waals surface area contributed by atoms with E-state index >= 15 is 0 Å². The maximum absolute atomic E-state index is 12.5. The van der Waals surface area contributed by atoms with Gasteiger partial charge in [-0.05, 0) is 30.7 Å². The number of aromatic nitrogens is 1. The first-order valence-corrected chi connectivity index (χ1v) is 9.73. The number of rotatable bonds is 7. The molecule has 0 saturated carbocycles. The molecule has 8 heteroatoms. The molecule has 0 fully saturated rings. The number of esters is 1. The molecule has 0 aliphatic heterocycles. The number of anilines is 1. The number of benzene rings is 2. The minimum atomic E-state index is -0.680. The Morgan fingerprint density at radius 3 is 2.63 bits per heavy atom. The van der Waals surface area contributed by atoms with Crippen LogP contribution in [0.4, 0.5) is 5.82 Å². The Bertz CT molecular complexity index is 1070. The zero-order valence-electron chi connectivity index (χ0n) is 16.0. The molecule has 0 aliphatic rings. The average Bonchev–Trinajstić information content (AvgIpc) is 2.73. The minimum Gasteiger partial charge on any atom is -0.488 e. The number of carbonyl (C=O) groups excluding carboxylic acids is 2. The molecule has 6 nitrogen and oxygen atoms in total. The third kappa shape index (κ3) is 5.95. The van der Waals surface area contributed by atoms with Gasteiger partial charge in [-0.2, -0.15) is 0 Å². The van der Waals surface area contributed by atoms with Crippen molar-refractivity contribution in [1.82, 2.24) is 4.98 Å². The SMILES string of the molecule is Cc1cccc(COc2ccccc2C(=O)OCC(=O)Nc2ncc(Cl)cc2Cl)c1. The zero-order valence-corrected chi connectivity index (χ0v) is 17.5. The van der Waals surface area contributed by atoms with E-state index in [0.29, 0.717) is 17.4 Å². The van der Waals surface area contributed by atoms with Crippen molar-refractivity contribution in [3.63, 3.8) is 0 Å². The molecule has 1 N–H and O–H groups in total. The van der Waals surface area contributed by atoms with Gasteiger partial charge in [0.1, 0.15) is 17.9 Å². The average molecular weight is 445 g/mol. The second kappa shape index (κ2) is 10.1. The fraction of sp³-hybridized carbons (Fsp3) is 0.136. The molecule has 0 unspecified atom stereocenters. The first-order chi connectivity index (χ1) is 14.4. The highest BCUT2D eigenvalue weighted by molar-refractivity contribution is 6.36. The minimum absolute atomic E-state index is 0.129. The molecule has 30 heavy (non-hydrogen) atoms. The number of pyridine rings is 1. The van der Waals surface area contributed by atoms with E-state index in [9.17, 15) is 9.59 Å². The Balaban J connectivity index is 1.59. The van der Waals surface area contributed by atoms with E-state index in [1.165, 1.54) is 12.3 Å². The summed E-state index contributed by atoms with van der Waals surface area (Å²) in [5.41, 5.74) is 2.32. The van der Waals surface area contributed by atoms with Gasteiger partial charge in [-0.15, -0.1) is 0 Å². The largest absolute Gasteiger partial charge is 0.488 e. The van der Waals surface area contributed by atoms with Gasteiger partial charge in [0, 0.05) is 6.20 Å². The van der Waals surface area contributed by atoms with Crippen molar-refractivity contribution in [1.29, 1.82) is 0 Å². The van der Waals surface area contributed by atoms with Crippen LogP contribution in [0.15, 0.2) is 60.8 Å². The highest BCUT2D eigenvalue weighted by Crippen LogP contribution is 2.23. The summed E-state index contributed by atoms with van der Waals surface area (Å²) in [6.45, 7) is 1.78. The number of halogens is 2. The molecule has 1 aromatic heterocycles. The van der Waals surface area contributed by atoms with Crippen LogP contribution in [0.2, 0.25) is 10.0 Å². The Kier molecular flexibility index (Phi) is 7.27. The Hall–Kier alpha value is -3.09. The Labute approximate surface area is 183 Å². The van der Waals surface area contributed by atoms with Gasteiger partial charge in [0.15, 0.2) is 12.4 Å². The quantitative estimate of drug-likeness (QED) is 0.514. The van der Waals surface area contributed by atoms with Crippen LogP contribution >= 0.6 is 23.2 Å². The van der Waals surface area contributed by atoms with E-state index in [1.54, 1.807) is 24.3 Å². The van der Waals surface area contributed by atoms with Gasteiger partial charge in [-0.1, -0.05) is 65.2 Å². The van der Waals surface area contributed by atoms with Gasteiger partial charge < -0.3 is 14.8 Å². The molecule has 0 spiro atoms. The lowest BCUT2D eigenvalue weighted by molar-refractivity contribution is -0.119. The lowest BCUT2D eigenvalue weighted by Gasteiger charge is -2.12. The van der Waals surface area contributed by atoms with Gasteiger partial charge in [0.25, 0.3) is 5.91 Å². The predicted octanol–water partition coefficient (Wildman–Crippen LogP) is 5.07. The summed E-state index contributed by atoms with van der Waals surface area (Å²) in [6.07, 6.45) is 1.34. The van der Waals surface area contributed by atoms with Gasteiger partial charge >= 0.3 is 5.97 Å². The van der Waals surface area contributed by atoms with Crippen LogP contribution in [0.5, 0.6) is 5.75 Å². The third-order valence-electron chi connectivity index (χ3n) is 3.98. The first-order valence-electron chi connectivity index (χ1n) is 8.98. The maximum atomic E-state index is 12.5. The fourth-order valence-electron chi connectivity index (χ4n) is 2.61. The summed E-state index contributed by atoms with van der Waals surface area (Å²) < 4.78 is 10.9. The summed E-state index contributed by atoms with van der Waals surface area (Å²) >= 11 is 11.7. The zero-order chi connectivity index (χ0) is 21.5. The van der Waals surface area contributed by atoms with Crippen molar-refractivity contribution in [3.05, 3.63) is 87.5 Å². The normalized spacial score (nSPS) is 10.4. The first kappa shape index (κ1) is 21.6. The van der Waals surface area contributed by atoms with Crippen LogP contribution in [-0.2, 0) is 16.1 Å². The van der Waals surface area contributed by atoms with Gasteiger partial charge in [-0.25, -0.2) is 9.78 Å². The number of aryl methyl sites for hydroxylation is 1. The van der Waals surface area contributed by atoms with E-state index < -0.39 is 18.5 Å². The van der Waals surface area contributed by atoms with E-state index in [2.05, 4.69) is 10.3 Å². The summed E-state index contributed by atoms with van der Waals surface area (Å²) in [6, 6.07) is 16.0. The number of nitrogens with one attached hydrogen (secondary N) is 1. The van der Waals surface area contributed by atoms with Crippen molar-refractivity contribution in [3.8, 4) is 5.75 Å².